The summed E-state index contributed by atoms with van der Waals surface area (Å²) in [4.78, 5) is 26.9. The molecule has 0 bridgehead atoms. The van der Waals surface area contributed by atoms with E-state index in [2.05, 4.69) is 10.4 Å². The molecule has 0 saturated carbocycles. The van der Waals surface area contributed by atoms with E-state index in [1.807, 2.05) is 37.3 Å². The van der Waals surface area contributed by atoms with Crippen LogP contribution in [0.1, 0.15) is 35.8 Å². The lowest BCUT2D eigenvalue weighted by molar-refractivity contribution is -0.126. The van der Waals surface area contributed by atoms with E-state index in [4.69, 9.17) is 11.6 Å². The standard InChI is InChI=1S/C19H23ClN4O2/c1-3-21-18(25)14-8-7-11-23(12-14)19(26)16-13(2)22-24(17(16)20)15-9-5-4-6-10-15/h4-6,9-10,14H,3,7-8,11-12H2,1-2H3,(H,21,25). The fraction of sp³-hybridized carbons (Fsp3) is 0.421. The van der Waals surface area contributed by atoms with Gasteiger partial charge in [0.1, 0.15) is 5.15 Å². The van der Waals surface area contributed by atoms with E-state index in [1.165, 1.54) is 0 Å². The molecule has 1 fully saturated rings. The molecule has 1 aliphatic rings. The van der Waals surface area contributed by atoms with Crippen LogP contribution in [0.4, 0.5) is 0 Å². The number of halogens is 1. The molecule has 0 aliphatic carbocycles. The van der Waals surface area contributed by atoms with Gasteiger partial charge in [0.2, 0.25) is 5.91 Å². The Hall–Kier alpha value is -2.34. The summed E-state index contributed by atoms with van der Waals surface area (Å²) < 4.78 is 1.58. The van der Waals surface area contributed by atoms with E-state index in [9.17, 15) is 9.59 Å². The molecule has 1 unspecified atom stereocenters. The van der Waals surface area contributed by atoms with E-state index in [-0.39, 0.29) is 17.7 Å². The van der Waals surface area contributed by atoms with Crippen molar-refractivity contribution in [3.05, 3.63) is 46.7 Å². The third-order valence-electron chi connectivity index (χ3n) is 4.65. The average Bonchev–Trinajstić information content (AvgIpc) is 2.96. The number of nitrogens with zero attached hydrogens (tertiary/aromatic N) is 3. The molecule has 1 aromatic carbocycles. The number of rotatable bonds is 4. The van der Waals surface area contributed by atoms with Crippen LogP contribution in [-0.4, -0.2) is 46.1 Å². The number of carbonyl (C=O) groups excluding carboxylic acids is 2. The minimum absolute atomic E-state index is 0.00722. The summed E-state index contributed by atoms with van der Waals surface area (Å²) in [5.74, 6) is -0.327. The largest absolute Gasteiger partial charge is 0.356 e. The molecule has 0 spiro atoms. The van der Waals surface area contributed by atoms with Gasteiger partial charge in [0.25, 0.3) is 5.91 Å². The van der Waals surface area contributed by atoms with E-state index >= 15 is 0 Å². The number of benzene rings is 1. The van der Waals surface area contributed by atoms with E-state index < -0.39 is 0 Å². The normalized spacial score (nSPS) is 17.2. The molecule has 6 nitrogen and oxygen atoms in total. The molecule has 1 aliphatic heterocycles. The third-order valence-corrected chi connectivity index (χ3v) is 5.00. The second kappa shape index (κ2) is 7.91. The van der Waals surface area contributed by atoms with E-state index in [1.54, 1.807) is 16.5 Å². The van der Waals surface area contributed by atoms with Gasteiger partial charge in [0.05, 0.1) is 22.9 Å². The van der Waals surface area contributed by atoms with Crippen molar-refractivity contribution in [2.24, 2.45) is 5.92 Å². The van der Waals surface area contributed by atoms with Crippen LogP contribution >= 0.6 is 11.6 Å². The zero-order chi connectivity index (χ0) is 18.7. The van der Waals surface area contributed by atoms with Crippen molar-refractivity contribution in [3.63, 3.8) is 0 Å². The Kier molecular flexibility index (Phi) is 5.61. The number of aryl methyl sites for hydroxylation is 1. The van der Waals surface area contributed by atoms with Crippen molar-refractivity contribution in [2.45, 2.75) is 26.7 Å². The van der Waals surface area contributed by atoms with Crippen molar-refractivity contribution in [3.8, 4) is 5.69 Å². The number of hydrogen-bond donors (Lipinski definition) is 1. The molecule has 1 saturated heterocycles. The lowest BCUT2D eigenvalue weighted by Crippen LogP contribution is -2.45. The van der Waals surface area contributed by atoms with Gasteiger partial charge >= 0.3 is 0 Å². The van der Waals surface area contributed by atoms with E-state index in [0.29, 0.717) is 36.0 Å². The number of carbonyl (C=O) groups is 2. The van der Waals surface area contributed by atoms with E-state index in [0.717, 1.165) is 18.5 Å². The van der Waals surface area contributed by atoms with Gasteiger partial charge in [-0.15, -0.1) is 0 Å². The van der Waals surface area contributed by atoms with Gasteiger partial charge in [-0.05, 0) is 38.8 Å². The quantitative estimate of drug-likeness (QED) is 0.894. The second-order valence-electron chi connectivity index (χ2n) is 6.48. The first kappa shape index (κ1) is 18.5. The summed E-state index contributed by atoms with van der Waals surface area (Å²) >= 11 is 6.50. The predicted octanol–water partition coefficient (Wildman–Crippen LogP) is 2.82. The fourth-order valence-corrected chi connectivity index (χ4v) is 3.69. The van der Waals surface area contributed by atoms with Gasteiger partial charge in [-0.3, -0.25) is 9.59 Å². The number of nitrogens with one attached hydrogen (secondary N) is 1. The Bertz CT molecular complexity index is 803. The van der Waals surface area contributed by atoms with Gasteiger partial charge in [-0.2, -0.15) is 5.10 Å². The Balaban J connectivity index is 1.84. The number of aromatic nitrogens is 2. The summed E-state index contributed by atoms with van der Waals surface area (Å²) in [5, 5.41) is 7.59. The maximum atomic E-state index is 13.1. The van der Waals surface area contributed by atoms with Crippen LogP contribution < -0.4 is 5.32 Å². The molecule has 2 amide bonds. The number of para-hydroxylation sites is 1. The van der Waals surface area contributed by atoms with Crippen molar-refractivity contribution in [2.75, 3.05) is 19.6 Å². The second-order valence-corrected chi connectivity index (χ2v) is 6.84. The van der Waals surface area contributed by atoms with Crippen LogP contribution in [0.2, 0.25) is 5.15 Å². The van der Waals surface area contributed by atoms with Crippen molar-refractivity contribution in [1.82, 2.24) is 20.0 Å². The molecular weight excluding hydrogens is 352 g/mol. The zero-order valence-corrected chi connectivity index (χ0v) is 15.8. The van der Waals surface area contributed by atoms with Crippen LogP contribution in [0.3, 0.4) is 0 Å². The first-order valence-electron chi connectivity index (χ1n) is 8.90. The minimum Gasteiger partial charge on any atom is -0.356 e. The van der Waals surface area contributed by atoms with Gasteiger partial charge in [-0.25, -0.2) is 4.68 Å². The molecule has 1 N–H and O–H groups in total. The van der Waals surface area contributed by atoms with Crippen molar-refractivity contribution >= 4 is 23.4 Å². The topological polar surface area (TPSA) is 67.2 Å². The fourth-order valence-electron chi connectivity index (χ4n) is 3.33. The predicted molar refractivity (Wildman–Crippen MR) is 101 cm³/mol. The van der Waals surface area contributed by atoms with Gasteiger partial charge < -0.3 is 10.2 Å². The van der Waals surface area contributed by atoms with Crippen LogP contribution in [-0.2, 0) is 4.79 Å². The molecule has 3 rings (SSSR count). The summed E-state index contributed by atoms with van der Waals surface area (Å²) in [6.07, 6.45) is 1.60. The maximum Gasteiger partial charge on any atom is 0.258 e. The molecule has 0 radical (unpaired) electrons. The van der Waals surface area contributed by atoms with Gasteiger partial charge in [0, 0.05) is 19.6 Å². The molecule has 2 heterocycles. The summed E-state index contributed by atoms with van der Waals surface area (Å²) in [6, 6.07) is 9.48. The smallest absolute Gasteiger partial charge is 0.258 e. The third kappa shape index (κ3) is 3.60. The Labute approximate surface area is 158 Å². The molecular formula is C19H23ClN4O2. The highest BCUT2D eigenvalue weighted by atomic mass is 35.5. The van der Waals surface area contributed by atoms with Crippen LogP contribution in [0.15, 0.2) is 30.3 Å². The zero-order valence-electron chi connectivity index (χ0n) is 15.0. The van der Waals surface area contributed by atoms with Crippen LogP contribution in [0.25, 0.3) is 5.69 Å². The number of amides is 2. The summed E-state index contributed by atoms with van der Waals surface area (Å²) in [6.45, 7) is 5.31. The highest BCUT2D eigenvalue weighted by molar-refractivity contribution is 6.33. The van der Waals surface area contributed by atoms with Crippen LogP contribution in [0.5, 0.6) is 0 Å². The van der Waals surface area contributed by atoms with Crippen LogP contribution in [0, 0.1) is 12.8 Å². The first-order chi connectivity index (χ1) is 12.5. The number of likely N-dealkylation sites (tertiary alicyclic amines) is 1. The SMILES string of the molecule is CCNC(=O)C1CCCN(C(=O)c2c(C)nn(-c3ccccc3)c2Cl)C1. The molecule has 2 aromatic rings. The Morgan fingerprint density at radius 2 is 2.04 bits per heavy atom. The molecule has 26 heavy (non-hydrogen) atoms. The molecule has 1 atom stereocenters. The summed E-state index contributed by atoms with van der Waals surface area (Å²) in [7, 11) is 0. The molecule has 138 valence electrons. The highest BCUT2D eigenvalue weighted by Crippen LogP contribution is 2.27. The first-order valence-corrected chi connectivity index (χ1v) is 9.28. The van der Waals surface area contributed by atoms with Crippen molar-refractivity contribution < 1.29 is 9.59 Å². The summed E-state index contributed by atoms with van der Waals surface area (Å²) in [5.41, 5.74) is 1.80. The van der Waals surface area contributed by atoms with Gasteiger partial charge in [-0.1, -0.05) is 29.8 Å². The maximum absolute atomic E-state index is 13.1. The minimum atomic E-state index is -0.170. The lowest BCUT2D eigenvalue weighted by atomic mass is 9.96. The monoisotopic (exact) mass is 374 g/mol. The Morgan fingerprint density at radius 1 is 1.31 bits per heavy atom. The van der Waals surface area contributed by atoms with Gasteiger partial charge in [0.15, 0.2) is 0 Å². The molecule has 1 aromatic heterocycles. The molecule has 7 heteroatoms. The van der Waals surface area contributed by atoms with Crippen molar-refractivity contribution in [1.29, 1.82) is 0 Å². The lowest BCUT2D eigenvalue weighted by Gasteiger charge is -2.32. The highest BCUT2D eigenvalue weighted by Gasteiger charge is 2.31. The Morgan fingerprint density at radius 3 is 2.73 bits per heavy atom. The number of hydrogen-bond acceptors (Lipinski definition) is 3. The number of piperidine rings is 1. The average molecular weight is 375 g/mol.